The van der Waals surface area contributed by atoms with Crippen LogP contribution in [-0.4, -0.2) is 0 Å². The molecule has 1 atom stereocenters. The van der Waals surface area contributed by atoms with Crippen molar-refractivity contribution in [1.82, 2.24) is 0 Å². The largest absolute Gasteiger partial charge is 0.366 e. The fourth-order valence-corrected chi connectivity index (χ4v) is 2.32. The van der Waals surface area contributed by atoms with Crippen LogP contribution >= 0.6 is 23.2 Å². The minimum absolute atomic E-state index is 0.382. The van der Waals surface area contributed by atoms with Crippen molar-refractivity contribution >= 4 is 28.9 Å². The summed E-state index contributed by atoms with van der Waals surface area (Å²) >= 11 is 12.1. The standard InChI is InChI=1S/C14H9Cl2FN2/c15-11-5-2-6-12(16)14(11)13(8-18)19-10-4-1-3-9(17)7-10/h1-7,13,19H. The first-order valence-corrected chi connectivity index (χ1v) is 6.23. The van der Waals surface area contributed by atoms with Crippen LogP contribution in [0.3, 0.4) is 0 Å². The number of nitrogens with one attached hydrogen (secondary N) is 1. The fraction of sp³-hybridized carbons (Fsp3) is 0.0714. The third-order valence-electron chi connectivity index (χ3n) is 2.55. The highest BCUT2D eigenvalue weighted by molar-refractivity contribution is 6.36. The molecule has 19 heavy (non-hydrogen) atoms. The molecule has 0 aliphatic carbocycles. The molecule has 96 valence electrons. The third kappa shape index (κ3) is 3.17. The molecule has 0 saturated carbocycles. The lowest BCUT2D eigenvalue weighted by Crippen LogP contribution is -2.09. The van der Waals surface area contributed by atoms with E-state index in [4.69, 9.17) is 23.2 Å². The second kappa shape index (κ2) is 5.92. The molecule has 2 nitrogen and oxygen atoms in total. The third-order valence-corrected chi connectivity index (χ3v) is 3.21. The summed E-state index contributed by atoms with van der Waals surface area (Å²) in [4.78, 5) is 0. The summed E-state index contributed by atoms with van der Waals surface area (Å²) in [5.41, 5.74) is 0.972. The molecule has 2 aromatic rings. The summed E-state index contributed by atoms with van der Waals surface area (Å²) in [5, 5.41) is 12.9. The van der Waals surface area contributed by atoms with Crippen LogP contribution in [0.15, 0.2) is 42.5 Å². The molecular weight excluding hydrogens is 286 g/mol. The number of benzene rings is 2. The van der Waals surface area contributed by atoms with Crippen LogP contribution in [0, 0.1) is 17.1 Å². The van der Waals surface area contributed by atoms with E-state index in [0.717, 1.165) is 0 Å². The lowest BCUT2D eigenvalue weighted by molar-refractivity contribution is 0.628. The Morgan fingerprint density at radius 3 is 2.32 bits per heavy atom. The van der Waals surface area contributed by atoms with Gasteiger partial charge in [0.05, 0.1) is 6.07 Å². The zero-order valence-corrected chi connectivity index (χ0v) is 11.2. The van der Waals surface area contributed by atoms with Crippen molar-refractivity contribution in [1.29, 1.82) is 5.26 Å². The molecule has 2 aromatic carbocycles. The van der Waals surface area contributed by atoms with Crippen LogP contribution in [0.4, 0.5) is 10.1 Å². The molecule has 0 aliphatic rings. The van der Waals surface area contributed by atoms with Crippen molar-refractivity contribution in [2.24, 2.45) is 0 Å². The van der Waals surface area contributed by atoms with Gasteiger partial charge in [0.25, 0.3) is 0 Å². The smallest absolute Gasteiger partial charge is 0.143 e. The predicted molar refractivity (Wildman–Crippen MR) is 74.8 cm³/mol. The summed E-state index contributed by atoms with van der Waals surface area (Å²) in [6.45, 7) is 0. The molecule has 0 aliphatic heterocycles. The summed E-state index contributed by atoms with van der Waals surface area (Å²) in [6.07, 6.45) is 0. The van der Waals surface area contributed by atoms with Gasteiger partial charge in [0.15, 0.2) is 0 Å². The Kier molecular flexibility index (Phi) is 4.26. The van der Waals surface area contributed by atoms with E-state index in [9.17, 15) is 9.65 Å². The van der Waals surface area contributed by atoms with Crippen molar-refractivity contribution < 1.29 is 4.39 Å². The summed E-state index contributed by atoms with van der Waals surface area (Å²) in [6, 6.07) is 12.2. The molecule has 0 radical (unpaired) electrons. The minimum Gasteiger partial charge on any atom is -0.366 e. The van der Waals surface area contributed by atoms with Gasteiger partial charge in [0.2, 0.25) is 0 Å². The van der Waals surface area contributed by atoms with E-state index in [-0.39, 0.29) is 5.82 Å². The normalized spacial score (nSPS) is 11.7. The summed E-state index contributed by atoms with van der Waals surface area (Å²) in [5.74, 6) is -0.382. The Labute approximate surface area is 120 Å². The van der Waals surface area contributed by atoms with Crippen molar-refractivity contribution in [3.05, 3.63) is 63.9 Å². The lowest BCUT2D eigenvalue weighted by atomic mass is 10.1. The molecule has 0 fully saturated rings. The first-order chi connectivity index (χ1) is 9.11. The van der Waals surface area contributed by atoms with Gasteiger partial charge in [0, 0.05) is 21.3 Å². The Balaban J connectivity index is 2.34. The quantitative estimate of drug-likeness (QED) is 0.882. The van der Waals surface area contributed by atoms with Crippen molar-refractivity contribution in [2.75, 3.05) is 5.32 Å². The van der Waals surface area contributed by atoms with Crippen molar-refractivity contribution in [3.63, 3.8) is 0 Å². The molecular formula is C14H9Cl2FN2. The van der Waals surface area contributed by atoms with Gasteiger partial charge in [-0.15, -0.1) is 0 Å². The Hall–Kier alpha value is -1.76. The number of anilines is 1. The monoisotopic (exact) mass is 294 g/mol. The second-order valence-corrected chi connectivity index (χ2v) is 4.67. The van der Waals surface area contributed by atoms with Crippen molar-refractivity contribution in [2.45, 2.75) is 6.04 Å². The zero-order chi connectivity index (χ0) is 13.8. The summed E-state index contributed by atoms with van der Waals surface area (Å²) < 4.78 is 13.1. The fourth-order valence-electron chi connectivity index (χ4n) is 1.70. The van der Waals surface area contributed by atoms with Crippen LogP contribution in [0.25, 0.3) is 0 Å². The maximum atomic E-state index is 13.1. The topological polar surface area (TPSA) is 35.8 Å². The van der Waals surface area contributed by atoms with Crippen LogP contribution in [-0.2, 0) is 0 Å². The van der Waals surface area contributed by atoms with E-state index in [1.165, 1.54) is 12.1 Å². The Bertz CT molecular complexity index is 617. The van der Waals surface area contributed by atoms with E-state index in [2.05, 4.69) is 11.4 Å². The number of hydrogen-bond donors (Lipinski definition) is 1. The van der Waals surface area contributed by atoms with Gasteiger partial charge in [-0.2, -0.15) is 5.26 Å². The first kappa shape index (κ1) is 13.7. The molecule has 2 rings (SSSR count). The molecule has 5 heteroatoms. The van der Waals surface area contributed by atoms with Crippen LogP contribution < -0.4 is 5.32 Å². The molecule has 1 N–H and O–H groups in total. The molecule has 0 aromatic heterocycles. The number of hydrogen-bond acceptors (Lipinski definition) is 2. The molecule has 0 bridgehead atoms. The molecule has 0 spiro atoms. The minimum atomic E-state index is -0.747. The maximum Gasteiger partial charge on any atom is 0.143 e. The highest BCUT2D eigenvalue weighted by atomic mass is 35.5. The van der Waals surface area contributed by atoms with Gasteiger partial charge in [-0.05, 0) is 30.3 Å². The number of nitriles is 1. The van der Waals surface area contributed by atoms with Crippen LogP contribution in [0.2, 0.25) is 10.0 Å². The van der Waals surface area contributed by atoms with Gasteiger partial charge in [-0.1, -0.05) is 35.3 Å². The molecule has 0 saturated heterocycles. The van der Waals surface area contributed by atoms with E-state index in [0.29, 0.717) is 21.3 Å². The lowest BCUT2D eigenvalue weighted by Gasteiger charge is -2.16. The van der Waals surface area contributed by atoms with Gasteiger partial charge in [0.1, 0.15) is 11.9 Å². The molecule has 1 unspecified atom stereocenters. The Morgan fingerprint density at radius 1 is 1.11 bits per heavy atom. The highest BCUT2D eigenvalue weighted by Gasteiger charge is 2.17. The van der Waals surface area contributed by atoms with Crippen molar-refractivity contribution in [3.8, 4) is 6.07 Å². The van der Waals surface area contributed by atoms with Gasteiger partial charge >= 0.3 is 0 Å². The van der Waals surface area contributed by atoms with E-state index in [1.807, 2.05) is 0 Å². The average Bonchev–Trinajstić information content (AvgIpc) is 2.37. The van der Waals surface area contributed by atoms with E-state index < -0.39 is 6.04 Å². The zero-order valence-electron chi connectivity index (χ0n) is 9.70. The van der Waals surface area contributed by atoms with Gasteiger partial charge in [-0.25, -0.2) is 4.39 Å². The average molecular weight is 295 g/mol. The van der Waals surface area contributed by atoms with Gasteiger partial charge in [-0.3, -0.25) is 0 Å². The van der Waals surface area contributed by atoms with E-state index in [1.54, 1.807) is 30.3 Å². The maximum absolute atomic E-state index is 13.1. The summed E-state index contributed by atoms with van der Waals surface area (Å²) in [7, 11) is 0. The second-order valence-electron chi connectivity index (χ2n) is 3.85. The number of nitrogens with zero attached hydrogens (tertiary/aromatic N) is 1. The Morgan fingerprint density at radius 2 is 1.74 bits per heavy atom. The van der Waals surface area contributed by atoms with E-state index >= 15 is 0 Å². The number of rotatable bonds is 3. The van der Waals surface area contributed by atoms with Gasteiger partial charge < -0.3 is 5.32 Å². The predicted octanol–water partition coefficient (Wildman–Crippen LogP) is 4.81. The molecule has 0 heterocycles. The van der Waals surface area contributed by atoms with Crippen LogP contribution in [0.1, 0.15) is 11.6 Å². The first-order valence-electron chi connectivity index (χ1n) is 5.47. The SMILES string of the molecule is N#CC(Nc1cccc(F)c1)c1c(Cl)cccc1Cl. The highest BCUT2D eigenvalue weighted by Crippen LogP contribution is 2.32. The number of halogens is 3. The van der Waals surface area contributed by atoms with Crippen LogP contribution in [0.5, 0.6) is 0 Å². The molecule has 0 amide bonds.